The van der Waals surface area contributed by atoms with E-state index in [1.165, 1.54) is 5.56 Å². The monoisotopic (exact) mass is 315 g/mol. The van der Waals surface area contributed by atoms with Gasteiger partial charge in [0.15, 0.2) is 0 Å². The predicted octanol–water partition coefficient (Wildman–Crippen LogP) is 3.42. The molecule has 1 aliphatic rings. The summed E-state index contributed by atoms with van der Waals surface area (Å²) < 4.78 is 0. The van der Waals surface area contributed by atoms with Gasteiger partial charge < -0.3 is 5.32 Å². The fourth-order valence-electron chi connectivity index (χ4n) is 2.96. The van der Waals surface area contributed by atoms with Crippen molar-refractivity contribution in [1.29, 1.82) is 0 Å². The Morgan fingerprint density at radius 1 is 1.00 bits per heavy atom. The molecule has 2 heterocycles. The molecule has 0 radical (unpaired) electrons. The number of benzene rings is 2. The standard InChI is InChI=1S/C20H17N3O/c24-20-11-16-8-7-15(10-18(16)23-20)19-13-21-12-17(22-19)9-6-14-4-2-1-3-5-14/h1-5,7-8,10,12-13H,6,9,11H2,(H,23,24). The fourth-order valence-corrected chi connectivity index (χ4v) is 2.96. The number of hydrogen-bond acceptors (Lipinski definition) is 3. The summed E-state index contributed by atoms with van der Waals surface area (Å²) in [6.07, 6.45) is 5.84. The Labute approximate surface area is 140 Å². The average Bonchev–Trinajstić information content (AvgIpc) is 3.00. The quantitative estimate of drug-likeness (QED) is 0.802. The average molecular weight is 315 g/mol. The molecule has 0 atom stereocenters. The minimum absolute atomic E-state index is 0.0462. The highest BCUT2D eigenvalue weighted by Crippen LogP contribution is 2.28. The van der Waals surface area contributed by atoms with Crippen molar-refractivity contribution in [1.82, 2.24) is 9.97 Å². The number of nitrogens with one attached hydrogen (secondary N) is 1. The topological polar surface area (TPSA) is 54.9 Å². The molecule has 0 saturated carbocycles. The maximum atomic E-state index is 11.5. The van der Waals surface area contributed by atoms with Gasteiger partial charge in [0.1, 0.15) is 0 Å². The van der Waals surface area contributed by atoms with Gasteiger partial charge >= 0.3 is 0 Å². The van der Waals surface area contributed by atoms with Crippen LogP contribution in [0.3, 0.4) is 0 Å². The highest BCUT2D eigenvalue weighted by molar-refractivity contribution is 5.99. The van der Waals surface area contributed by atoms with Crippen LogP contribution in [0.1, 0.15) is 16.8 Å². The first kappa shape index (κ1) is 14.6. The molecule has 0 bridgehead atoms. The molecule has 0 unspecified atom stereocenters. The van der Waals surface area contributed by atoms with E-state index in [9.17, 15) is 4.79 Å². The van der Waals surface area contributed by atoms with E-state index >= 15 is 0 Å². The maximum absolute atomic E-state index is 11.5. The summed E-state index contributed by atoms with van der Waals surface area (Å²) in [5.41, 5.74) is 6.01. The fraction of sp³-hybridized carbons (Fsp3) is 0.150. The number of hydrogen-bond donors (Lipinski definition) is 1. The van der Waals surface area contributed by atoms with Crippen LogP contribution in [0.5, 0.6) is 0 Å². The zero-order chi connectivity index (χ0) is 16.4. The van der Waals surface area contributed by atoms with Gasteiger partial charge in [0.05, 0.1) is 24.0 Å². The molecule has 1 amide bonds. The van der Waals surface area contributed by atoms with Crippen LogP contribution in [0.15, 0.2) is 60.9 Å². The van der Waals surface area contributed by atoms with Gasteiger partial charge in [-0.05, 0) is 30.0 Å². The molecule has 4 heteroatoms. The lowest BCUT2D eigenvalue weighted by atomic mass is 10.1. The largest absolute Gasteiger partial charge is 0.326 e. The molecule has 1 N–H and O–H groups in total. The molecular weight excluding hydrogens is 298 g/mol. The number of carbonyl (C=O) groups is 1. The molecule has 1 aromatic heterocycles. The summed E-state index contributed by atoms with van der Waals surface area (Å²) in [4.78, 5) is 20.5. The summed E-state index contributed by atoms with van der Waals surface area (Å²) in [6.45, 7) is 0. The smallest absolute Gasteiger partial charge is 0.228 e. The third-order valence-electron chi connectivity index (χ3n) is 4.23. The Kier molecular flexibility index (Phi) is 3.79. The van der Waals surface area contributed by atoms with Crippen LogP contribution in [-0.4, -0.2) is 15.9 Å². The lowest BCUT2D eigenvalue weighted by Gasteiger charge is -2.06. The second-order valence-electron chi connectivity index (χ2n) is 5.98. The van der Waals surface area contributed by atoms with E-state index in [2.05, 4.69) is 34.6 Å². The summed E-state index contributed by atoms with van der Waals surface area (Å²) >= 11 is 0. The number of carbonyl (C=O) groups excluding carboxylic acids is 1. The van der Waals surface area contributed by atoms with Crippen molar-refractivity contribution in [2.75, 3.05) is 5.32 Å². The van der Waals surface area contributed by atoms with Crippen LogP contribution < -0.4 is 5.32 Å². The van der Waals surface area contributed by atoms with Crippen LogP contribution in [0.4, 0.5) is 5.69 Å². The van der Waals surface area contributed by atoms with Crippen molar-refractivity contribution >= 4 is 11.6 Å². The van der Waals surface area contributed by atoms with Crippen LogP contribution in [0, 0.1) is 0 Å². The highest BCUT2D eigenvalue weighted by Gasteiger charge is 2.18. The zero-order valence-electron chi connectivity index (χ0n) is 13.2. The van der Waals surface area contributed by atoms with Gasteiger partial charge in [-0.1, -0.05) is 42.5 Å². The van der Waals surface area contributed by atoms with Gasteiger partial charge in [-0.25, -0.2) is 4.98 Å². The van der Waals surface area contributed by atoms with E-state index in [1.54, 1.807) is 6.20 Å². The first-order valence-electron chi connectivity index (χ1n) is 8.06. The Bertz CT molecular complexity index is 890. The molecule has 1 aliphatic heterocycles. The predicted molar refractivity (Wildman–Crippen MR) is 93.7 cm³/mol. The van der Waals surface area contributed by atoms with E-state index in [0.29, 0.717) is 6.42 Å². The summed E-state index contributed by atoms with van der Waals surface area (Å²) in [7, 11) is 0. The molecule has 0 spiro atoms. The second-order valence-corrected chi connectivity index (χ2v) is 5.98. The Hall–Kier alpha value is -3.01. The summed E-state index contributed by atoms with van der Waals surface area (Å²) in [5.74, 6) is 0.0462. The molecule has 2 aromatic carbocycles. The van der Waals surface area contributed by atoms with Crippen LogP contribution >= 0.6 is 0 Å². The van der Waals surface area contributed by atoms with Gasteiger partial charge in [-0.2, -0.15) is 0 Å². The number of aromatic nitrogens is 2. The Balaban J connectivity index is 1.55. The third kappa shape index (κ3) is 3.04. The second kappa shape index (κ2) is 6.24. The minimum Gasteiger partial charge on any atom is -0.326 e. The molecule has 0 saturated heterocycles. The van der Waals surface area contributed by atoms with Gasteiger partial charge in [0.25, 0.3) is 0 Å². The van der Waals surface area contributed by atoms with Crippen LogP contribution in [-0.2, 0) is 24.1 Å². The summed E-state index contributed by atoms with van der Waals surface area (Å²) in [6, 6.07) is 16.3. The van der Waals surface area contributed by atoms with Gasteiger partial charge in [0.2, 0.25) is 5.91 Å². The Morgan fingerprint density at radius 2 is 1.88 bits per heavy atom. The molecule has 0 aliphatic carbocycles. The van der Waals surface area contributed by atoms with Gasteiger partial charge in [-0.15, -0.1) is 0 Å². The third-order valence-corrected chi connectivity index (χ3v) is 4.23. The number of nitrogens with zero attached hydrogens (tertiary/aromatic N) is 2. The lowest BCUT2D eigenvalue weighted by Crippen LogP contribution is -2.03. The van der Waals surface area contributed by atoms with E-state index in [-0.39, 0.29) is 5.91 Å². The number of aryl methyl sites for hydroxylation is 2. The molecule has 4 nitrogen and oxygen atoms in total. The molecule has 24 heavy (non-hydrogen) atoms. The number of anilines is 1. The molecule has 118 valence electrons. The summed E-state index contributed by atoms with van der Waals surface area (Å²) in [5, 5.41) is 2.88. The van der Waals surface area contributed by atoms with Gasteiger partial charge in [-0.3, -0.25) is 9.78 Å². The van der Waals surface area contributed by atoms with Crippen molar-refractivity contribution in [3.05, 3.63) is 77.7 Å². The van der Waals surface area contributed by atoms with Crippen molar-refractivity contribution in [2.45, 2.75) is 19.3 Å². The SMILES string of the molecule is O=C1Cc2ccc(-c3cncc(CCc4ccccc4)n3)cc2N1. The van der Waals surface area contributed by atoms with Crippen LogP contribution in [0.25, 0.3) is 11.3 Å². The van der Waals surface area contributed by atoms with E-state index in [4.69, 9.17) is 4.98 Å². The van der Waals surface area contributed by atoms with E-state index < -0.39 is 0 Å². The minimum atomic E-state index is 0.0462. The molecular formula is C20H17N3O. The van der Waals surface area contributed by atoms with Crippen molar-refractivity contribution in [3.63, 3.8) is 0 Å². The number of rotatable bonds is 4. The first-order chi connectivity index (χ1) is 11.8. The Morgan fingerprint density at radius 3 is 2.75 bits per heavy atom. The van der Waals surface area contributed by atoms with E-state index in [1.807, 2.05) is 30.5 Å². The highest BCUT2D eigenvalue weighted by atomic mass is 16.1. The van der Waals surface area contributed by atoms with Gasteiger partial charge in [0, 0.05) is 17.4 Å². The maximum Gasteiger partial charge on any atom is 0.228 e. The molecule has 4 rings (SSSR count). The number of amides is 1. The van der Waals surface area contributed by atoms with Crippen LogP contribution in [0.2, 0.25) is 0 Å². The van der Waals surface area contributed by atoms with Crippen molar-refractivity contribution in [2.24, 2.45) is 0 Å². The normalized spacial score (nSPS) is 12.8. The van der Waals surface area contributed by atoms with E-state index in [0.717, 1.165) is 41.0 Å². The van der Waals surface area contributed by atoms with Crippen molar-refractivity contribution in [3.8, 4) is 11.3 Å². The lowest BCUT2D eigenvalue weighted by molar-refractivity contribution is -0.115. The zero-order valence-corrected chi connectivity index (χ0v) is 13.2. The first-order valence-corrected chi connectivity index (χ1v) is 8.06. The molecule has 3 aromatic rings. The van der Waals surface area contributed by atoms with Crippen molar-refractivity contribution < 1.29 is 4.79 Å². The molecule has 0 fully saturated rings. The number of fused-ring (bicyclic) bond motifs is 1.